The van der Waals surface area contributed by atoms with Crippen LogP contribution in [0.1, 0.15) is 42.7 Å². The van der Waals surface area contributed by atoms with Crippen LogP contribution < -0.4 is 5.32 Å². The average Bonchev–Trinajstić information content (AvgIpc) is 3.27. The minimum atomic E-state index is -0.715. The largest absolute Gasteiger partial charge is 0.390 e. The Morgan fingerprint density at radius 1 is 1.18 bits per heavy atom. The van der Waals surface area contributed by atoms with Crippen LogP contribution in [-0.4, -0.2) is 41.8 Å². The minimum Gasteiger partial charge on any atom is -0.390 e. The second-order valence-electron chi connectivity index (χ2n) is 9.73. The SMILES string of the molecule is Cc1nn(C)cc1-c1ccccc1-c1nc2cc(C(=O)NC3CC(C(C)(C)O)C3)ccn2c1Cl. The summed E-state index contributed by atoms with van der Waals surface area (Å²) in [5, 5.41) is 18.1. The highest BCUT2D eigenvalue weighted by Gasteiger charge is 2.39. The zero-order chi connectivity index (χ0) is 24.2. The van der Waals surface area contributed by atoms with Gasteiger partial charge >= 0.3 is 0 Å². The van der Waals surface area contributed by atoms with E-state index in [1.165, 1.54) is 0 Å². The number of pyridine rings is 1. The second-order valence-corrected chi connectivity index (χ2v) is 10.1. The Hall–Kier alpha value is -3.16. The van der Waals surface area contributed by atoms with Gasteiger partial charge in [0.2, 0.25) is 0 Å². The summed E-state index contributed by atoms with van der Waals surface area (Å²) in [6, 6.07) is 11.6. The lowest BCUT2D eigenvalue weighted by Gasteiger charge is -2.42. The summed E-state index contributed by atoms with van der Waals surface area (Å²) >= 11 is 6.76. The van der Waals surface area contributed by atoms with Crippen molar-refractivity contribution in [3.8, 4) is 22.4 Å². The third kappa shape index (κ3) is 3.99. The fourth-order valence-electron chi connectivity index (χ4n) is 4.70. The van der Waals surface area contributed by atoms with Crippen LogP contribution in [0.2, 0.25) is 5.15 Å². The molecule has 3 heterocycles. The predicted molar refractivity (Wildman–Crippen MR) is 133 cm³/mol. The van der Waals surface area contributed by atoms with Gasteiger partial charge in [-0.1, -0.05) is 35.9 Å². The molecule has 7 nitrogen and oxygen atoms in total. The molecule has 5 rings (SSSR count). The highest BCUT2D eigenvalue weighted by atomic mass is 35.5. The summed E-state index contributed by atoms with van der Waals surface area (Å²) < 4.78 is 3.58. The van der Waals surface area contributed by atoms with Crippen LogP contribution in [0.3, 0.4) is 0 Å². The van der Waals surface area contributed by atoms with Crippen LogP contribution in [-0.2, 0) is 7.05 Å². The summed E-state index contributed by atoms with van der Waals surface area (Å²) in [6.45, 7) is 5.61. The summed E-state index contributed by atoms with van der Waals surface area (Å²) in [6.07, 6.45) is 5.33. The van der Waals surface area contributed by atoms with E-state index in [0.717, 1.165) is 35.2 Å². The molecule has 8 heteroatoms. The van der Waals surface area contributed by atoms with Crippen molar-refractivity contribution in [1.29, 1.82) is 0 Å². The van der Waals surface area contributed by atoms with Gasteiger partial charge in [0.05, 0.1) is 11.3 Å². The van der Waals surface area contributed by atoms with E-state index in [1.54, 1.807) is 27.4 Å². The molecule has 4 aromatic rings. The van der Waals surface area contributed by atoms with Gasteiger partial charge in [0, 0.05) is 42.2 Å². The predicted octanol–water partition coefficient (Wildman–Crippen LogP) is 4.64. The van der Waals surface area contributed by atoms with E-state index >= 15 is 0 Å². The van der Waals surface area contributed by atoms with Crippen molar-refractivity contribution in [3.63, 3.8) is 0 Å². The van der Waals surface area contributed by atoms with Crippen molar-refractivity contribution < 1.29 is 9.90 Å². The Morgan fingerprint density at radius 2 is 1.88 bits per heavy atom. The van der Waals surface area contributed by atoms with E-state index in [-0.39, 0.29) is 17.9 Å². The number of aliphatic hydroxyl groups is 1. The third-order valence-electron chi connectivity index (χ3n) is 6.79. The van der Waals surface area contributed by atoms with Crippen LogP contribution in [0, 0.1) is 12.8 Å². The van der Waals surface area contributed by atoms with E-state index in [4.69, 9.17) is 16.6 Å². The van der Waals surface area contributed by atoms with Gasteiger partial charge in [-0.25, -0.2) is 4.98 Å². The number of carbonyl (C=O) groups excluding carboxylic acids is 1. The molecule has 176 valence electrons. The minimum absolute atomic E-state index is 0.0774. The number of hydrogen-bond acceptors (Lipinski definition) is 4. The van der Waals surface area contributed by atoms with E-state index in [0.29, 0.717) is 22.1 Å². The average molecular weight is 478 g/mol. The van der Waals surface area contributed by atoms with Crippen molar-refractivity contribution in [2.45, 2.75) is 45.3 Å². The van der Waals surface area contributed by atoms with Crippen LogP contribution in [0.4, 0.5) is 0 Å². The molecule has 3 aromatic heterocycles. The monoisotopic (exact) mass is 477 g/mol. The van der Waals surface area contributed by atoms with Gasteiger partial charge in [-0.3, -0.25) is 13.9 Å². The molecule has 0 unspecified atom stereocenters. The molecule has 1 saturated carbocycles. The van der Waals surface area contributed by atoms with Crippen LogP contribution in [0.25, 0.3) is 28.0 Å². The summed E-state index contributed by atoms with van der Waals surface area (Å²) in [5.74, 6) is 0.0613. The lowest BCUT2D eigenvalue weighted by Crippen LogP contribution is -2.50. The fraction of sp³-hybridized carbons (Fsp3) is 0.346. The topological polar surface area (TPSA) is 84.5 Å². The van der Waals surface area contributed by atoms with Gasteiger partial charge < -0.3 is 10.4 Å². The zero-order valence-corrected chi connectivity index (χ0v) is 20.5. The molecule has 0 atom stereocenters. The number of hydrogen-bond donors (Lipinski definition) is 2. The number of aryl methyl sites for hydroxylation is 2. The number of nitrogens with one attached hydrogen (secondary N) is 1. The van der Waals surface area contributed by atoms with Crippen molar-refractivity contribution in [3.05, 3.63) is 65.2 Å². The Kier molecular flexibility index (Phi) is 5.49. The number of benzene rings is 1. The van der Waals surface area contributed by atoms with E-state index in [9.17, 15) is 9.90 Å². The Bertz CT molecular complexity index is 1390. The van der Waals surface area contributed by atoms with Gasteiger partial charge in [0.25, 0.3) is 5.91 Å². The molecule has 1 aliphatic carbocycles. The standard InChI is InChI=1S/C26H28ClN5O2/c1-15-21(14-31(4)30-15)19-7-5-6-8-20(19)23-24(27)32-10-9-16(11-22(32)29-23)25(33)28-18-12-17(13-18)26(2,3)34/h5-11,14,17-18,34H,12-13H2,1-4H3,(H,28,33). The van der Waals surface area contributed by atoms with E-state index in [2.05, 4.69) is 10.4 Å². The van der Waals surface area contributed by atoms with Crippen molar-refractivity contribution >= 4 is 23.2 Å². The van der Waals surface area contributed by atoms with Crippen LogP contribution >= 0.6 is 11.6 Å². The Balaban J connectivity index is 1.44. The third-order valence-corrected chi connectivity index (χ3v) is 7.15. The molecule has 1 fully saturated rings. The Labute approximate surface area is 203 Å². The number of rotatable bonds is 5. The smallest absolute Gasteiger partial charge is 0.251 e. The molecule has 1 amide bonds. The first-order valence-corrected chi connectivity index (χ1v) is 11.8. The molecule has 0 radical (unpaired) electrons. The van der Waals surface area contributed by atoms with E-state index in [1.807, 2.05) is 58.3 Å². The first kappa shape index (κ1) is 22.6. The number of imidazole rings is 1. The first-order valence-electron chi connectivity index (χ1n) is 11.4. The Morgan fingerprint density at radius 3 is 2.53 bits per heavy atom. The normalized spacial score (nSPS) is 18.2. The molecule has 34 heavy (non-hydrogen) atoms. The molecule has 0 saturated heterocycles. The lowest BCUT2D eigenvalue weighted by atomic mass is 9.71. The van der Waals surface area contributed by atoms with Gasteiger partial charge in [-0.2, -0.15) is 5.10 Å². The van der Waals surface area contributed by atoms with E-state index < -0.39 is 5.60 Å². The highest BCUT2D eigenvalue weighted by molar-refractivity contribution is 6.32. The van der Waals surface area contributed by atoms with Crippen molar-refractivity contribution in [2.75, 3.05) is 0 Å². The number of nitrogens with zero attached hydrogens (tertiary/aromatic N) is 4. The fourth-order valence-corrected chi connectivity index (χ4v) is 4.98. The van der Waals surface area contributed by atoms with Gasteiger partial charge in [0.1, 0.15) is 16.5 Å². The number of carbonyl (C=O) groups is 1. The quantitative estimate of drug-likeness (QED) is 0.438. The van der Waals surface area contributed by atoms with Crippen LogP contribution in [0.15, 0.2) is 48.8 Å². The number of amides is 1. The molecular weight excluding hydrogens is 450 g/mol. The molecule has 0 bridgehead atoms. The molecule has 2 N–H and O–H groups in total. The van der Waals surface area contributed by atoms with Crippen molar-refractivity contribution in [1.82, 2.24) is 24.5 Å². The number of aromatic nitrogens is 4. The van der Waals surface area contributed by atoms with Gasteiger partial charge in [-0.15, -0.1) is 0 Å². The lowest BCUT2D eigenvalue weighted by molar-refractivity contribution is -0.0309. The zero-order valence-electron chi connectivity index (χ0n) is 19.7. The second kappa shape index (κ2) is 8.25. The molecular formula is C26H28ClN5O2. The molecule has 1 aromatic carbocycles. The summed E-state index contributed by atoms with van der Waals surface area (Å²) in [4.78, 5) is 17.6. The summed E-state index contributed by atoms with van der Waals surface area (Å²) in [5.41, 5.74) is 4.94. The molecule has 0 spiro atoms. The van der Waals surface area contributed by atoms with Gasteiger partial charge in [-0.05, 0) is 57.2 Å². The van der Waals surface area contributed by atoms with Gasteiger partial charge in [0.15, 0.2) is 0 Å². The highest BCUT2D eigenvalue weighted by Crippen LogP contribution is 2.38. The number of fused-ring (bicyclic) bond motifs is 1. The summed E-state index contributed by atoms with van der Waals surface area (Å²) in [7, 11) is 1.90. The molecule has 0 aliphatic heterocycles. The number of halogens is 1. The maximum absolute atomic E-state index is 12.8. The first-order chi connectivity index (χ1) is 16.1. The van der Waals surface area contributed by atoms with Crippen molar-refractivity contribution in [2.24, 2.45) is 13.0 Å². The maximum atomic E-state index is 12.8. The van der Waals surface area contributed by atoms with Crippen LogP contribution in [0.5, 0.6) is 0 Å². The molecule has 1 aliphatic rings. The maximum Gasteiger partial charge on any atom is 0.251 e.